The number of hydrogen-bond acceptors (Lipinski definition) is 1. The van der Waals surface area contributed by atoms with Crippen LogP contribution in [0.25, 0.3) is 0 Å². The zero-order chi connectivity index (χ0) is 13.9. The smallest absolute Gasteiger partial charge is 0.00208 e. The molecule has 2 aliphatic rings. The highest BCUT2D eigenvalue weighted by molar-refractivity contribution is 4.90. The molecule has 2 aliphatic carbocycles. The minimum absolute atomic E-state index is 0.594. The average molecular weight is 265 g/mol. The lowest BCUT2D eigenvalue weighted by molar-refractivity contribution is 0.0507. The van der Waals surface area contributed by atoms with Crippen LogP contribution in [-0.4, -0.2) is 13.6 Å². The fraction of sp³-hybridized carbons (Fsp3) is 1.00. The monoisotopic (exact) mass is 265 g/mol. The molecule has 0 amide bonds. The van der Waals surface area contributed by atoms with Crippen LogP contribution in [0.1, 0.15) is 72.1 Å². The molecule has 0 radical (unpaired) electrons. The van der Waals surface area contributed by atoms with Crippen molar-refractivity contribution in [2.75, 3.05) is 13.6 Å². The summed E-state index contributed by atoms with van der Waals surface area (Å²) in [7, 11) is 2.13. The second-order valence-electron chi connectivity index (χ2n) is 8.08. The van der Waals surface area contributed by atoms with E-state index in [0.717, 1.165) is 23.7 Å². The summed E-state index contributed by atoms with van der Waals surface area (Å²) in [6.07, 6.45) is 11.8. The molecular formula is C18H35N. The lowest BCUT2D eigenvalue weighted by Gasteiger charge is -2.46. The van der Waals surface area contributed by atoms with Gasteiger partial charge in [-0.1, -0.05) is 40.0 Å². The van der Waals surface area contributed by atoms with E-state index in [0.29, 0.717) is 5.41 Å². The Morgan fingerprint density at radius 1 is 1.05 bits per heavy atom. The van der Waals surface area contributed by atoms with Crippen LogP contribution >= 0.6 is 0 Å². The van der Waals surface area contributed by atoms with Gasteiger partial charge in [0.2, 0.25) is 0 Å². The van der Waals surface area contributed by atoms with Crippen molar-refractivity contribution < 1.29 is 0 Å². The fourth-order valence-electron chi connectivity index (χ4n) is 4.79. The van der Waals surface area contributed by atoms with Crippen LogP contribution in [-0.2, 0) is 0 Å². The first kappa shape index (κ1) is 15.4. The van der Waals surface area contributed by atoms with E-state index in [1.165, 1.54) is 57.9 Å². The summed E-state index contributed by atoms with van der Waals surface area (Å²) >= 11 is 0. The van der Waals surface area contributed by atoms with Gasteiger partial charge in [0, 0.05) is 0 Å². The third-order valence-corrected chi connectivity index (χ3v) is 6.13. The molecule has 0 aromatic rings. The van der Waals surface area contributed by atoms with E-state index in [1.807, 2.05) is 0 Å². The van der Waals surface area contributed by atoms with E-state index in [9.17, 15) is 0 Å². The van der Waals surface area contributed by atoms with Crippen molar-refractivity contribution in [3.05, 3.63) is 0 Å². The zero-order valence-corrected chi connectivity index (χ0v) is 13.7. The Bertz CT molecular complexity index is 263. The predicted molar refractivity (Wildman–Crippen MR) is 84.3 cm³/mol. The second-order valence-corrected chi connectivity index (χ2v) is 8.08. The van der Waals surface area contributed by atoms with Gasteiger partial charge in [0.25, 0.3) is 0 Å². The van der Waals surface area contributed by atoms with Gasteiger partial charge in [-0.25, -0.2) is 0 Å². The summed E-state index contributed by atoms with van der Waals surface area (Å²) in [5.41, 5.74) is 0.594. The molecule has 2 atom stereocenters. The number of nitrogens with one attached hydrogen (secondary N) is 1. The van der Waals surface area contributed by atoms with Crippen molar-refractivity contribution in [2.45, 2.75) is 72.1 Å². The van der Waals surface area contributed by atoms with Crippen LogP contribution in [0.15, 0.2) is 0 Å². The van der Waals surface area contributed by atoms with E-state index >= 15 is 0 Å². The molecule has 19 heavy (non-hydrogen) atoms. The molecule has 0 aliphatic heterocycles. The van der Waals surface area contributed by atoms with E-state index in [2.05, 4.69) is 33.1 Å². The van der Waals surface area contributed by atoms with Crippen molar-refractivity contribution in [1.82, 2.24) is 5.32 Å². The van der Waals surface area contributed by atoms with Gasteiger partial charge in [-0.2, -0.15) is 0 Å². The van der Waals surface area contributed by atoms with Crippen LogP contribution in [0.4, 0.5) is 0 Å². The lowest BCUT2D eigenvalue weighted by atomic mass is 9.60. The minimum atomic E-state index is 0.594. The van der Waals surface area contributed by atoms with Crippen LogP contribution in [0.2, 0.25) is 0 Å². The molecule has 0 heterocycles. The van der Waals surface area contributed by atoms with Crippen molar-refractivity contribution in [3.63, 3.8) is 0 Å². The first-order valence-electron chi connectivity index (χ1n) is 8.70. The van der Waals surface area contributed by atoms with Crippen LogP contribution in [0.5, 0.6) is 0 Å². The quantitative estimate of drug-likeness (QED) is 0.765. The maximum atomic E-state index is 3.45. The third-order valence-electron chi connectivity index (χ3n) is 6.13. The number of rotatable bonds is 4. The summed E-state index contributed by atoms with van der Waals surface area (Å²) in [5.74, 6) is 4.01. The second kappa shape index (κ2) is 6.61. The molecule has 1 N–H and O–H groups in total. The minimum Gasteiger partial charge on any atom is -0.319 e. The van der Waals surface area contributed by atoms with Crippen molar-refractivity contribution >= 4 is 0 Å². The maximum Gasteiger partial charge on any atom is -0.00208 e. The van der Waals surface area contributed by atoms with Gasteiger partial charge in [-0.15, -0.1) is 0 Å². The molecule has 0 aromatic heterocycles. The van der Waals surface area contributed by atoms with Crippen molar-refractivity contribution in [3.8, 4) is 0 Å². The van der Waals surface area contributed by atoms with Gasteiger partial charge >= 0.3 is 0 Å². The molecule has 0 spiro atoms. The van der Waals surface area contributed by atoms with E-state index < -0.39 is 0 Å². The maximum absolute atomic E-state index is 3.45. The topological polar surface area (TPSA) is 12.0 Å². The molecule has 112 valence electrons. The molecule has 2 fully saturated rings. The Morgan fingerprint density at radius 3 is 2.32 bits per heavy atom. The number of hydrogen-bond donors (Lipinski definition) is 1. The van der Waals surface area contributed by atoms with Gasteiger partial charge in [0.15, 0.2) is 0 Å². The molecule has 2 rings (SSSR count). The third kappa shape index (κ3) is 3.97. The van der Waals surface area contributed by atoms with Gasteiger partial charge in [0.1, 0.15) is 0 Å². The van der Waals surface area contributed by atoms with Crippen LogP contribution < -0.4 is 5.32 Å². The highest BCUT2D eigenvalue weighted by atomic mass is 14.8. The van der Waals surface area contributed by atoms with Crippen molar-refractivity contribution in [2.24, 2.45) is 29.1 Å². The van der Waals surface area contributed by atoms with E-state index in [-0.39, 0.29) is 0 Å². The Labute approximate surface area is 120 Å². The molecule has 0 saturated heterocycles. The Kier molecular flexibility index (Phi) is 5.34. The molecule has 1 nitrogen and oxygen atoms in total. The van der Waals surface area contributed by atoms with Gasteiger partial charge in [0.05, 0.1) is 0 Å². The summed E-state index contributed by atoms with van der Waals surface area (Å²) < 4.78 is 0. The molecule has 1 heteroatoms. The summed E-state index contributed by atoms with van der Waals surface area (Å²) in [5, 5.41) is 3.45. The van der Waals surface area contributed by atoms with Crippen LogP contribution in [0.3, 0.4) is 0 Å². The highest BCUT2D eigenvalue weighted by Crippen LogP contribution is 2.48. The Morgan fingerprint density at radius 2 is 1.74 bits per heavy atom. The predicted octanol–water partition coefficient (Wildman–Crippen LogP) is 4.86. The van der Waals surface area contributed by atoms with E-state index in [1.54, 1.807) is 0 Å². The standard InChI is InChI=1S/C18H35N/c1-5-14-6-8-15(9-7-14)17-12-18(2,3)11-10-16(17)13-19-4/h14-17,19H,5-13H2,1-4H3. The molecule has 2 saturated carbocycles. The molecule has 0 bridgehead atoms. The Balaban J connectivity index is 1.97. The van der Waals surface area contributed by atoms with E-state index in [4.69, 9.17) is 0 Å². The summed E-state index contributed by atoms with van der Waals surface area (Å²) in [4.78, 5) is 0. The first-order valence-corrected chi connectivity index (χ1v) is 8.70. The summed E-state index contributed by atoms with van der Waals surface area (Å²) in [6.45, 7) is 8.60. The Hall–Kier alpha value is -0.0400. The fourth-order valence-corrected chi connectivity index (χ4v) is 4.79. The van der Waals surface area contributed by atoms with Gasteiger partial charge < -0.3 is 5.32 Å². The first-order chi connectivity index (χ1) is 9.05. The normalized spacial score (nSPS) is 39.2. The molecule has 2 unspecified atom stereocenters. The largest absolute Gasteiger partial charge is 0.319 e. The SMILES string of the molecule is CCC1CCC(C2CC(C)(C)CCC2CNC)CC1. The molecular weight excluding hydrogens is 230 g/mol. The van der Waals surface area contributed by atoms with Gasteiger partial charge in [-0.3, -0.25) is 0 Å². The van der Waals surface area contributed by atoms with Crippen molar-refractivity contribution in [1.29, 1.82) is 0 Å². The highest BCUT2D eigenvalue weighted by Gasteiger charge is 2.39. The van der Waals surface area contributed by atoms with Gasteiger partial charge in [-0.05, 0) is 74.8 Å². The average Bonchev–Trinajstić information content (AvgIpc) is 2.41. The lowest BCUT2D eigenvalue weighted by Crippen LogP contribution is -2.39. The summed E-state index contributed by atoms with van der Waals surface area (Å²) in [6, 6.07) is 0. The zero-order valence-electron chi connectivity index (χ0n) is 13.7. The van der Waals surface area contributed by atoms with Crippen LogP contribution in [0, 0.1) is 29.1 Å². The molecule has 0 aromatic carbocycles.